The second kappa shape index (κ2) is 7.37. The molecule has 3 aromatic rings. The van der Waals surface area contributed by atoms with Gasteiger partial charge in [0.1, 0.15) is 9.88 Å². The van der Waals surface area contributed by atoms with E-state index in [0.717, 1.165) is 28.7 Å². The molecule has 1 aliphatic heterocycles. The number of thiophene rings is 1. The molecule has 1 amide bonds. The Balaban J connectivity index is 1.42. The van der Waals surface area contributed by atoms with Crippen molar-refractivity contribution in [3.05, 3.63) is 52.9 Å². The van der Waals surface area contributed by atoms with Gasteiger partial charge in [0.2, 0.25) is 0 Å². The smallest absolute Gasteiger partial charge is 0.267 e. The van der Waals surface area contributed by atoms with E-state index in [1.807, 2.05) is 29.6 Å². The number of hydrogen-bond donors (Lipinski definition) is 1. The topological polar surface area (TPSA) is 45.2 Å². The summed E-state index contributed by atoms with van der Waals surface area (Å²) in [5, 5.41) is 5.87. The first-order chi connectivity index (χ1) is 12.3. The fraction of sp³-hybridized carbons (Fsp3) is 0.263. The molecule has 0 spiro atoms. The molecule has 1 fully saturated rings. The van der Waals surface area contributed by atoms with Crippen molar-refractivity contribution in [1.82, 2.24) is 4.98 Å². The van der Waals surface area contributed by atoms with Crippen LogP contribution in [0.5, 0.6) is 0 Å². The van der Waals surface area contributed by atoms with Crippen molar-refractivity contribution in [2.24, 2.45) is 0 Å². The monoisotopic (exact) mass is 369 g/mol. The van der Waals surface area contributed by atoms with Gasteiger partial charge in [-0.3, -0.25) is 4.79 Å². The predicted molar refractivity (Wildman–Crippen MR) is 106 cm³/mol. The maximum Gasteiger partial charge on any atom is 0.267 e. The number of nitrogens with one attached hydrogen (secondary N) is 1. The number of anilines is 2. The van der Waals surface area contributed by atoms with Gasteiger partial charge in [-0.05, 0) is 55.0 Å². The summed E-state index contributed by atoms with van der Waals surface area (Å²) < 4.78 is 0. The van der Waals surface area contributed by atoms with E-state index >= 15 is 0 Å². The van der Waals surface area contributed by atoms with Gasteiger partial charge in [-0.25, -0.2) is 4.98 Å². The number of nitrogens with zero attached hydrogens (tertiary/aromatic N) is 2. The third kappa shape index (κ3) is 3.75. The molecule has 4 rings (SSSR count). The van der Waals surface area contributed by atoms with Crippen molar-refractivity contribution < 1.29 is 4.79 Å². The van der Waals surface area contributed by atoms with E-state index in [1.165, 1.54) is 36.3 Å². The van der Waals surface area contributed by atoms with Crippen LogP contribution in [0.1, 0.15) is 28.9 Å². The Labute approximate surface area is 155 Å². The summed E-state index contributed by atoms with van der Waals surface area (Å²) in [4.78, 5) is 20.9. The lowest BCUT2D eigenvalue weighted by molar-refractivity contribution is 0.103. The summed E-state index contributed by atoms with van der Waals surface area (Å²) in [7, 11) is 0. The normalized spacial score (nSPS) is 14.5. The van der Waals surface area contributed by atoms with Crippen molar-refractivity contribution in [2.45, 2.75) is 19.3 Å². The quantitative estimate of drug-likeness (QED) is 0.695. The molecule has 2 aromatic heterocycles. The van der Waals surface area contributed by atoms with Gasteiger partial charge in [-0.2, -0.15) is 0 Å². The van der Waals surface area contributed by atoms with E-state index in [4.69, 9.17) is 0 Å². The van der Waals surface area contributed by atoms with Crippen molar-refractivity contribution in [3.8, 4) is 9.88 Å². The molecule has 0 aliphatic carbocycles. The molecule has 0 atom stereocenters. The van der Waals surface area contributed by atoms with Crippen LogP contribution in [-0.4, -0.2) is 24.0 Å². The maximum absolute atomic E-state index is 12.4. The van der Waals surface area contributed by atoms with Crippen LogP contribution in [0.2, 0.25) is 0 Å². The van der Waals surface area contributed by atoms with Gasteiger partial charge in [-0.1, -0.05) is 6.07 Å². The van der Waals surface area contributed by atoms with E-state index in [9.17, 15) is 4.79 Å². The number of hydrogen-bond acceptors (Lipinski definition) is 5. The molecule has 6 heteroatoms. The van der Waals surface area contributed by atoms with Crippen molar-refractivity contribution in [1.29, 1.82) is 0 Å². The van der Waals surface area contributed by atoms with Crippen LogP contribution in [-0.2, 0) is 0 Å². The van der Waals surface area contributed by atoms with E-state index < -0.39 is 0 Å². The Hall–Kier alpha value is -2.18. The minimum atomic E-state index is -0.106. The van der Waals surface area contributed by atoms with Gasteiger partial charge in [0.05, 0.1) is 11.1 Å². The highest BCUT2D eigenvalue weighted by Crippen LogP contribution is 2.29. The molecule has 1 aliphatic rings. The van der Waals surface area contributed by atoms with Crippen LogP contribution in [0.25, 0.3) is 9.88 Å². The maximum atomic E-state index is 12.4. The molecule has 1 aromatic carbocycles. The summed E-state index contributed by atoms with van der Waals surface area (Å²) >= 11 is 3.05. The molecular weight excluding hydrogens is 350 g/mol. The highest BCUT2D eigenvalue weighted by Gasteiger charge is 2.14. The first-order valence-corrected chi connectivity index (χ1v) is 10.2. The Bertz CT molecular complexity index is 834. The van der Waals surface area contributed by atoms with E-state index in [0.29, 0.717) is 4.88 Å². The van der Waals surface area contributed by atoms with E-state index in [2.05, 4.69) is 27.3 Å². The lowest BCUT2D eigenvalue weighted by atomic mass is 10.1. The molecule has 3 heterocycles. The Morgan fingerprint density at radius 3 is 2.60 bits per heavy atom. The summed E-state index contributed by atoms with van der Waals surface area (Å²) in [6, 6.07) is 12.1. The predicted octanol–water partition coefficient (Wildman–Crippen LogP) is 5.11. The number of benzene rings is 1. The first-order valence-electron chi connectivity index (χ1n) is 8.46. The van der Waals surface area contributed by atoms with Crippen LogP contribution in [0.3, 0.4) is 0 Å². The summed E-state index contributed by atoms with van der Waals surface area (Å²) in [6.45, 7) is 2.25. The molecule has 0 bridgehead atoms. The molecule has 128 valence electrons. The van der Waals surface area contributed by atoms with Crippen molar-refractivity contribution in [2.75, 3.05) is 23.3 Å². The molecule has 4 nitrogen and oxygen atoms in total. The number of aromatic nitrogens is 1. The van der Waals surface area contributed by atoms with Crippen LogP contribution < -0.4 is 10.2 Å². The average molecular weight is 370 g/mol. The fourth-order valence-electron chi connectivity index (χ4n) is 2.99. The third-order valence-corrected chi connectivity index (χ3v) is 6.34. The van der Waals surface area contributed by atoms with Gasteiger partial charge in [-0.15, -0.1) is 22.7 Å². The highest BCUT2D eigenvalue weighted by molar-refractivity contribution is 7.22. The summed E-state index contributed by atoms with van der Waals surface area (Å²) in [5.41, 5.74) is 2.05. The number of thiazole rings is 1. The Morgan fingerprint density at radius 2 is 1.88 bits per heavy atom. The SMILES string of the molecule is O=C(Nc1ccc(N2CCCCC2)cc1)c1cnc(-c2cccs2)s1. The second-order valence-electron chi connectivity index (χ2n) is 6.06. The summed E-state index contributed by atoms with van der Waals surface area (Å²) in [6.07, 6.45) is 5.50. The molecule has 0 unspecified atom stereocenters. The standard InChI is InChI=1S/C19H19N3OS2/c23-18(17-13-20-19(25-17)16-5-4-12-24-16)21-14-6-8-15(9-7-14)22-10-2-1-3-11-22/h4-9,12-13H,1-3,10-11H2,(H,21,23). The second-order valence-corrected chi connectivity index (χ2v) is 8.03. The summed E-state index contributed by atoms with van der Waals surface area (Å²) in [5.74, 6) is -0.106. The lowest BCUT2D eigenvalue weighted by Gasteiger charge is -2.28. The van der Waals surface area contributed by atoms with Gasteiger partial charge < -0.3 is 10.2 Å². The minimum absolute atomic E-state index is 0.106. The third-order valence-electron chi connectivity index (χ3n) is 4.31. The molecular formula is C19H19N3OS2. The van der Waals surface area contributed by atoms with Crippen LogP contribution in [0.15, 0.2) is 48.0 Å². The van der Waals surface area contributed by atoms with Crippen molar-refractivity contribution in [3.63, 3.8) is 0 Å². The zero-order valence-electron chi connectivity index (χ0n) is 13.8. The Kier molecular flexibility index (Phi) is 4.81. The molecule has 1 saturated heterocycles. The average Bonchev–Trinajstić information content (AvgIpc) is 3.35. The number of carbonyl (C=O) groups excluding carboxylic acids is 1. The minimum Gasteiger partial charge on any atom is -0.372 e. The highest BCUT2D eigenvalue weighted by atomic mass is 32.1. The molecule has 0 saturated carbocycles. The van der Waals surface area contributed by atoms with Crippen LogP contribution >= 0.6 is 22.7 Å². The van der Waals surface area contributed by atoms with E-state index in [1.54, 1.807) is 17.5 Å². The molecule has 1 N–H and O–H groups in total. The van der Waals surface area contributed by atoms with Gasteiger partial charge in [0.15, 0.2) is 0 Å². The lowest BCUT2D eigenvalue weighted by Crippen LogP contribution is -2.29. The van der Waals surface area contributed by atoms with E-state index in [-0.39, 0.29) is 5.91 Å². The van der Waals surface area contributed by atoms with Crippen LogP contribution in [0.4, 0.5) is 11.4 Å². The Morgan fingerprint density at radius 1 is 1.08 bits per heavy atom. The zero-order chi connectivity index (χ0) is 17.1. The number of rotatable bonds is 4. The number of carbonyl (C=O) groups is 1. The molecule has 25 heavy (non-hydrogen) atoms. The number of amides is 1. The van der Waals surface area contributed by atoms with Gasteiger partial charge in [0, 0.05) is 24.5 Å². The first kappa shape index (κ1) is 16.3. The van der Waals surface area contributed by atoms with Gasteiger partial charge >= 0.3 is 0 Å². The van der Waals surface area contributed by atoms with Crippen molar-refractivity contribution >= 4 is 40.0 Å². The van der Waals surface area contributed by atoms with Crippen LogP contribution in [0, 0.1) is 0 Å². The molecule has 0 radical (unpaired) electrons. The number of piperidine rings is 1. The zero-order valence-corrected chi connectivity index (χ0v) is 15.4. The van der Waals surface area contributed by atoms with Gasteiger partial charge in [0.25, 0.3) is 5.91 Å². The fourth-order valence-corrected chi connectivity index (χ4v) is 4.61. The largest absolute Gasteiger partial charge is 0.372 e.